The largest absolute Gasteiger partial charge is 0.494 e. The van der Waals surface area contributed by atoms with Crippen LogP contribution in [0.2, 0.25) is 0 Å². The molecule has 2 aliphatic rings. The van der Waals surface area contributed by atoms with Gasteiger partial charge in [0.15, 0.2) is 0 Å². The van der Waals surface area contributed by atoms with Crippen molar-refractivity contribution in [1.82, 2.24) is 10.2 Å². The predicted molar refractivity (Wildman–Crippen MR) is 116 cm³/mol. The summed E-state index contributed by atoms with van der Waals surface area (Å²) in [4.78, 5) is 14.5. The summed E-state index contributed by atoms with van der Waals surface area (Å²) in [7, 11) is 0. The molecule has 1 heterocycles. The number of hydrogen-bond donors (Lipinski definition) is 1. The van der Waals surface area contributed by atoms with Crippen molar-refractivity contribution in [2.24, 2.45) is 11.8 Å². The van der Waals surface area contributed by atoms with E-state index in [1.807, 2.05) is 25.1 Å². The Morgan fingerprint density at radius 1 is 1.32 bits per heavy atom. The number of fused-ring (bicyclic) bond motifs is 1. The van der Waals surface area contributed by atoms with Crippen molar-refractivity contribution >= 4 is 12.0 Å². The molecule has 0 radical (unpaired) electrons. The van der Waals surface area contributed by atoms with Gasteiger partial charge in [0.25, 0.3) is 0 Å². The molecule has 7 heteroatoms. The maximum atomic E-state index is 12.2. The molecule has 1 N–H and O–H groups in total. The van der Waals surface area contributed by atoms with Gasteiger partial charge in [-0.1, -0.05) is 31.6 Å². The fourth-order valence-corrected chi connectivity index (χ4v) is 4.04. The number of benzene rings is 1. The molecule has 4 nitrogen and oxygen atoms in total. The number of rotatable bonds is 9. The van der Waals surface area contributed by atoms with E-state index in [0.717, 1.165) is 38.0 Å². The van der Waals surface area contributed by atoms with E-state index in [1.165, 1.54) is 11.1 Å². The highest BCUT2D eigenvalue weighted by Crippen LogP contribution is 2.32. The second-order valence-corrected chi connectivity index (χ2v) is 8.96. The number of likely N-dealkylation sites (tertiary alicyclic amines) is 1. The quantitative estimate of drug-likeness (QED) is 0.562. The highest BCUT2D eigenvalue weighted by Gasteiger charge is 2.34. The van der Waals surface area contributed by atoms with Crippen LogP contribution in [-0.4, -0.2) is 49.3 Å². The third kappa shape index (κ3) is 6.73. The topological polar surface area (TPSA) is 41.6 Å². The Balaban J connectivity index is 1.50. The number of halogens is 3. The van der Waals surface area contributed by atoms with Crippen molar-refractivity contribution in [2.75, 3.05) is 26.2 Å². The lowest BCUT2D eigenvalue weighted by Crippen LogP contribution is -2.55. The monoisotopic (exact) mass is 438 g/mol. The van der Waals surface area contributed by atoms with Gasteiger partial charge in [-0.25, -0.2) is 0 Å². The number of amides is 1. The number of nitrogens with one attached hydrogen (secondary N) is 1. The van der Waals surface area contributed by atoms with Crippen LogP contribution in [0.15, 0.2) is 23.8 Å². The number of nitrogens with zero attached hydrogens (tertiary/aromatic N) is 1. The van der Waals surface area contributed by atoms with Crippen LogP contribution in [0, 0.1) is 11.8 Å². The molecule has 31 heavy (non-hydrogen) atoms. The normalized spacial score (nSPS) is 20.5. The first-order chi connectivity index (χ1) is 14.6. The van der Waals surface area contributed by atoms with Crippen LogP contribution in [-0.2, 0) is 11.2 Å². The lowest BCUT2D eigenvalue weighted by molar-refractivity contribution is -0.136. The van der Waals surface area contributed by atoms with Crippen molar-refractivity contribution in [3.05, 3.63) is 34.9 Å². The molecule has 1 amide bonds. The first-order valence-electron chi connectivity index (χ1n) is 11.2. The van der Waals surface area contributed by atoms with Crippen molar-refractivity contribution in [1.29, 1.82) is 0 Å². The third-order valence-corrected chi connectivity index (χ3v) is 6.22. The molecule has 1 aromatic carbocycles. The predicted octanol–water partition coefficient (Wildman–Crippen LogP) is 4.83. The van der Waals surface area contributed by atoms with E-state index in [9.17, 15) is 18.0 Å². The van der Waals surface area contributed by atoms with Gasteiger partial charge in [-0.2, -0.15) is 13.2 Å². The summed E-state index contributed by atoms with van der Waals surface area (Å²) in [6, 6.07) is 5.98. The summed E-state index contributed by atoms with van der Waals surface area (Å²) in [6.07, 6.45) is -0.961. The average molecular weight is 439 g/mol. The van der Waals surface area contributed by atoms with Gasteiger partial charge >= 0.3 is 6.18 Å². The lowest BCUT2D eigenvalue weighted by atomic mass is 9.83. The Morgan fingerprint density at radius 3 is 2.74 bits per heavy atom. The van der Waals surface area contributed by atoms with Crippen LogP contribution in [0.1, 0.15) is 51.2 Å². The standard InChI is InChI=1S/C24H33F3N2O2/c1-4-17(3)28-23(30)21-14-29(15-21)13-20-11-18-6-7-22(12-19(18)10-16(20)2)31-9-5-8-24(25,26)27/h6-7,11-12,16-17,21H,4-5,8-10,13-15H2,1-3H3,(H,28,30)/t16-,17-/m0/s1. The van der Waals surface area contributed by atoms with Gasteiger partial charge in [-0.05, 0) is 55.4 Å². The van der Waals surface area contributed by atoms with E-state index >= 15 is 0 Å². The first-order valence-corrected chi connectivity index (χ1v) is 11.2. The van der Waals surface area contributed by atoms with Crippen LogP contribution < -0.4 is 10.1 Å². The number of carbonyl (C=O) groups is 1. The Morgan fingerprint density at radius 2 is 2.06 bits per heavy atom. The number of carbonyl (C=O) groups excluding carboxylic acids is 1. The summed E-state index contributed by atoms with van der Waals surface area (Å²) >= 11 is 0. The van der Waals surface area contributed by atoms with Crippen molar-refractivity contribution in [2.45, 2.75) is 58.7 Å². The van der Waals surface area contributed by atoms with Gasteiger partial charge in [0.05, 0.1) is 12.5 Å². The van der Waals surface area contributed by atoms with Crippen LogP contribution in [0.3, 0.4) is 0 Å². The first kappa shape index (κ1) is 23.6. The van der Waals surface area contributed by atoms with E-state index in [1.54, 1.807) is 0 Å². The maximum Gasteiger partial charge on any atom is 0.389 e. The van der Waals surface area contributed by atoms with Gasteiger partial charge < -0.3 is 10.1 Å². The zero-order chi connectivity index (χ0) is 22.6. The SMILES string of the molecule is CC[C@H](C)NC(=O)C1CN(CC2=Cc3ccc(OCCCC(F)(F)F)cc3C[C@@H]2C)C1. The minimum absolute atomic E-state index is 0.0345. The van der Waals surface area contributed by atoms with Crippen molar-refractivity contribution in [3.63, 3.8) is 0 Å². The second-order valence-electron chi connectivity index (χ2n) is 8.96. The molecule has 172 valence electrons. The summed E-state index contributed by atoms with van der Waals surface area (Å²) in [5, 5.41) is 3.06. The van der Waals surface area contributed by atoms with E-state index in [4.69, 9.17) is 4.74 Å². The molecule has 1 saturated heterocycles. The van der Waals surface area contributed by atoms with Gasteiger partial charge in [-0.3, -0.25) is 9.69 Å². The lowest BCUT2D eigenvalue weighted by Gasteiger charge is -2.40. The smallest absolute Gasteiger partial charge is 0.389 e. The minimum atomic E-state index is -4.13. The molecule has 1 aromatic rings. The summed E-state index contributed by atoms with van der Waals surface area (Å²) < 4.78 is 42.3. The fraction of sp³-hybridized carbons (Fsp3) is 0.625. The molecule has 0 aromatic heterocycles. The molecular formula is C24H33F3N2O2. The molecule has 0 unspecified atom stereocenters. The zero-order valence-electron chi connectivity index (χ0n) is 18.6. The Bertz CT molecular complexity index is 801. The van der Waals surface area contributed by atoms with Crippen molar-refractivity contribution in [3.8, 4) is 5.75 Å². The van der Waals surface area contributed by atoms with Crippen LogP contribution in [0.25, 0.3) is 6.08 Å². The molecule has 0 saturated carbocycles. The Labute approximate surface area is 182 Å². The summed E-state index contributed by atoms with van der Waals surface area (Å²) in [6.45, 7) is 8.81. The van der Waals surface area contributed by atoms with Gasteiger partial charge in [0.2, 0.25) is 5.91 Å². The summed E-state index contributed by atoms with van der Waals surface area (Å²) in [5.41, 5.74) is 3.66. The third-order valence-electron chi connectivity index (χ3n) is 6.22. The molecule has 3 rings (SSSR count). The molecule has 0 bridgehead atoms. The maximum absolute atomic E-state index is 12.2. The molecule has 1 aliphatic carbocycles. The van der Waals surface area contributed by atoms with E-state index in [0.29, 0.717) is 11.7 Å². The second kappa shape index (κ2) is 10.1. The minimum Gasteiger partial charge on any atom is -0.494 e. The van der Waals surface area contributed by atoms with Gasteiger partial charge in [-0.15, -0.1) is 0 Å². The Kier molecular flexibility index (Phi) is 7.68. The fourth-order valence-electron chi connectivity index (χ4n) is 4.04. The number of hydrogen-bond acceptors (Lipinski definition) is 3. The highest BCUT2D eigenvalue weighted by molar-refractivity contribution is 5.80. The average Bonchev–Trinajstić information content (AvgIpc) is 2.66. The van der Waals surface area contributed by atoms with E-state index < -0.39 is 12.6 Å². The highest BCUT2D eigenvalue weighted by atomic mass is 19.4. The number of alkyl halides is 3. The molecule has 1 aliphatic heterocycles. The molecular weight excluding hydrogens is 405 g/mol. The van der Waals surface area contributed by atoms with E-state index in [2.05, 4.69) is 30.1 Å². The van der Waals surface area contributed by atoms with Crippen molar-refractivity contribution < 1.29 is 22.7 Å². The van der Waals surface area contributed by atoms with E-state index in [-0.39, 0.29) is 30.9 Å². The van der Waals surface area contributed by atoms with Crippen LogP contribution in [0.5, 0.6) is 5.75 Å². The summed E-state index contributed by atoms with van der Waals surface area (Å²) in [5.74, 6) is 1.24. The number of ether oxygens (including phenoxy) is 1. The van der Waals surface area contributed by atoms with Gasteiger partial charge in [0, 0.05) is 32.1 Å². The van der Waals surface area contributed by atoms with Gasteiger partial charge in [0.1, 0.15) is 5.75 Å². The molecule has 1 fully saturated rings. The van der Waals surface area contributed by atoms with Crippen LogP contribution >= 0.6 is 0 Å². The zero-order valence-corrected chi connectivity index (χ0v) is 18.6. The Hall–Kier alpha value is -2.02. The molecule has 0 spiro atoms. The molecule has 2 atom stereocenters. The van der Waals surface area contributed by atoms with Crippen LogP contribution in [0.4, 0.5) is 13.2 Å².